The molecule has 0 aromatic heterocycles. The molecule has 3 rings (SSSR count). The SMILES string of the molecule is CCC1CNC(C2CC2)CN1Cc1ccc(F)c(F)c1. The molecule has 1 saturated carbocycles. The monoisotopic (exact) mass is 280 g/mol. The Morgan fingerprint density at radius 2 is 2.05 bits per heavy atom. The first kappa shape index (κ1) is 14.0. The predicted octanol–water partition coefficient (Wildman–Crippen LogP) is 2.93. The number of halogens is 2. The van der Waals surface area contributed by atoms with Crippen molar-refractivity contribution in [1.29, 1.82) is 0 Å². The van der Waals surface area contributed by atoms with Crippen LogP contribution < -0.4 is 5.32 Å². The summed E-state index contributed by atoms with van der Waals surface area (Å²) in [6.45, 7) is 4.91. The molecule has 20 heavy (non-hydrogen) atoms. The minimum atomic E-state index is -0.767. The highest BCUT2D eigenvalue weighted by Crippen LogP contribution is 2.34. The van der Waals surface area contributed by atoms with E-state index >= 15 is 0 Å². The Hall–Kier alpha value is -1.00. The van der Waals surface area contributed by atoms with Crippen molar-refractivity contribution in [3.05, 3.63) is 35.4 Å². The fourth-order valence-electron chi connectivity index (χ4n) is 3.17. The van der Waals surface area contributed by atoms with Crippen LogP contribution >= 0.6 is 0 Å². The molecule has 2 aliphatic rings. The van der Waals surface area contributed by atoms with Crippen molar-refractivity contribution in [2.75, 3.05) is 13.1 Å². The number of hydrogen-bond donors (Lipinski definition) is 1. The van der Waals surface area contributed by atoms with E-state index in [9.17, 15) is 8.78 Å². The van der Waals surface area contributed by atoms with Crippen molar-refractivity contribution in [2.24, 2.45) is 5.92 Å². The highest BCUT2D eigenvalue weighted by Gasteiger charge is 2.36. The van der Waals surface area contributed by atoms with E-state index in [1.165, 1.54) is 25.0 Å². The molecule has 2 fully saturated rings. The number of rotatable bonds is 4. The molecule has 4 heteroatoms. The third kappa shape index (κ3) is 3.01. The first-order valence-electron chi connectivity index (χ1n) is 7.58. The Bertz CT molecular complexity index is 474. The van der Waals surface area contributed by atoms with Crippen molar-refractivity contribution >= 4 is 0 Å². The molecule has 0 radical (unpaired) electrons. The second-order valence-electron chi connectivity index (χ2n) is 6.09. The molecule has 1 N–H and O–H groups in total. The second-order valence-corrected chi connectivity index (χ2v) is 6.09. The maximum absolute atomic E-state index is 13.3. The van der Waals surface area contributed by atoms with E-state index in [2.05, 4.69) is 17.1 Å². The van der Waals surface area contributed by atoms with Gasteiger partial charge in [-0.25, -0.2) is 8.78 Å². The zero-order valence-corrected chi connectivity index (χ0v) is 11.9. The molecule has 0 spiro atoms. The number of nitrogens with zero attached hydrogens (tertiary/aromatic N) is 1. The molecule has 0 bridgehead atoms. The third-order valence-corrected chi connectivity index (χ3v) is 4.60. The van der Waals surface area contributed by atoms with Crippen molar-refractivity contribution < 1.29 is 8.78 Å². The van der Waals surface area contributed by atoms with Gasteiger partial charge >= 0.3 is 0 Å². The quantitative estimate of drug-likeness (QED) is 0.912. The summed E-state index contributed by atoms with van der Waals surface area (Å²) < 4.78 is 26.3. The molecule has 1 aliphatic heterocycles. The van der Waals surface area contributed by atoms with Gasteiger partial charge in [0.1, 0.15) is 0 Å². The molecule has 2 atom stereocenters. The Labute approximate surface area is 119 Å². The van der Waals surface area contributed by atoms with Crippen LogP contribution in [0.4, 0.5) is 8.78 Å². The van der Waals surface area contributed by atoms with Crippen molar-refractivity contribution in [2.45, 2.75) is 44.8 Å². The smallest absolute Gasteiger partial charge is 0.159 e. The third-order valence-electron chi connectivity index (χ3n) is 4.60. The Kier molecular flexibility index (Phi) is 4.03. The van der Waals surface area contributed by atoms with Crippen LogP contribution in [0.5, 0.6) is 0 Å². The summed E-state index contributed by atoms with van der Waals surface area (Å²) in [4.78, 5) is 2.42. The normalized spacial score (nSPS) is 27.8. The van der Waals surface area contributed by atoms with Crippen LogP contribution in [0.2, 0.25) is 0 Å². The molecule has 110 valence electrons. The van der Waals surface area contributed by atoms with Gasteiger partial charge in [-0.15, -0.1) is 0 Å². The van der Waals surface area contributed by atoms with E-state index in [1.54, 1.807) is 6.07 Å². The second kappa shape index (κ2) is 5.78. The Morgan fingerprint density at radius 1 is 1.25 bits per heavy atom. The number of hydrogen-bond acceptors (Lipinski definition) is 2. The van der Waals surface area contributed by atoms with Crippen LogP contribution in [0, 0.1) is 17.6 Å². The maximum Gasteiger partial charge on any atom is 0.159 e. The van der Waals surface area contributed by atoms with Gasteiger partial charge in [0.15, 0.2) is 11.6 Å². The van der Waals surface area contributed by atoms with Crippen LogP contribution in [0.25, 0.3) is 0 Å². The summed E-state index contributed by atoms with van der Waals surface area (Å²) in [5.41, 5.74) is 0.860. The summed E-state index contributed by atoms with van der Waals surface area (Å²) in [5, 5.41) is 3.64. The number of piperazine rings is 1. The largest absolute Gasteiger partial charge is 0.311 e. The van der Waals surface area contributed by atoms with Gasteiger partial charge < -0.3 is 5.32 Å². The molecule has 2 nitrogen and oxygen atoms in total. The summed E-state index contributed by atoms with van der Waals surface area (Å²) >= 11 is 0. The van der Waals surface area contributed by atoms with Crippen LogP contribution in [0.15, 0.2) is 18.2 Å². The van der Waals surface area contributed by atoms with Crippen LogP contribution in [0.1, 0.15) is 31.7 Å². The molecule has 0 amide bonds. The highest BCUT2D eigenvalue weighted by atomic mass is 19.2. The lowest BCUT2D eigenvalue weighted by Gasteiger charge is -2.40. The lowest BCUT2D eigenvalue weighted by atomic mass is 10.0. The van der Waals surface area contributed by atoms with Gasteiger partial charge in [-0.05, 0) is 42.9 Å². The molecule has 2 unspecified atom stereocenters. The van der Waals surface area contributed by atoms with E-state index in [-0.39, 0.29) is 0 Å². The van der Waals surface area contributed by atoms with E-state index in [1.807, 2.05) is 0 Å². The summed E-state index contributed by atoms with van der Waals surface area (Å²) in [7, 11) is 0. The van der Waals surface area contributed by atoms with Gasteiger partial charge in [0.25, 0.3) is 0 Å². The molecule has 1 heterocycles. The lowest BCUT2D eigenvalue weighted by molar-refractivity contribution is 0.111. The van der Waals surface area contributed by atoms with Gasteiger partial charge in [0.2, 0.25) is 0 Å². The number of nitrogens with one attached hydrogen (secondary N) is 1. The molecule has 1 aliphatic carbocycles. The Morgan fingerprint density at radius 3 is 2.70 bits per heavy atom. The van der Waals surface area contributed by atoms with E-state index in [4.69, 9.17) is 0 Å². The molecular formula is C16H22F2N2. The van der Waals surface area contributed by atoms with Gasteiger partial charge in [0, 0.05) is 31.7 Å². The zero-order valence-electron chi connectivity index (χ0n) is 11.9. The van der Waals surface area contributed by atoms with Crippen LogP contribution in [-0.4, -0.2) is 30.1 Å². The highest BCUT2D eigenvalue weighted by molar-refractivity contribution is 5.18. The summed E-state index contributed by atoms with van der Waals surface area (Å²) in [6.07, 6.45) is 3.73. The average molecular weight is 280 g/mol. The molecule has 1 aromatic rings. The summed E-state index contributed by atoms with van der Waals surface area (Å²) in [6, 6.07) is 5.31. The molecule has 1 aromatic carbocycles. The van der Waals surface area contributed by atoms with Crippen LogP contribution in [0.3, 0.4) is 0 Å². The van der Waals surface area contributed by atoms with Gasteiger partial charge in [-0.3, -0.25) is 4.90 Å². The van der Waals surface area contributed by atoms with Gasteiger partial charge in [0.05, 0.1) is 0 Å². The van der Waals surface area contributed by atoms with E-state index < -0.39 is 11.6 Å². The predicted molar refractivity (Wildman–Crippen MR) is 75.4 cm³/mol. The Balaban J connectivity index is 1.69. The molecular weight excluding hydrogens is 258 g/mol. The first-order valence-corrected chi connectivity index (χ1v) is 7.58. The topological polar surface area (TPSA) is 15.3 Å². The van der Waals surface area contributed by atoms with Gasteiger partial charge in [-0.2, -0.15) is 0 Å². The molecule has 1 saturated heterocycles. The van der Waals surface area contributed by atoms with E-state index in [0.717, 1.165) is 31.0 Å². The average Bonchev–Trinajstić information content (AvgIpc) is 3.27. The van der Waals surface area contributed by atoms with Crippen molar-refractivity contribution in [1.82, 2.24) is 10.2 Å². The standard InChI is InChI=1S/C16H22F2N2/c1-2-13-8-19-16(12-4-5-12)10-20(13)9-11-3-6-14(17)15(18)7-11/h3,6-7,12-13,16,19H,2,4-5,8-10H2,1H3. The van der Waals surface area contributed by atoms with Crippen molar-refractivity contribution in [3.63, 3.8) is 0 Å². The number of benzene rings is 1. The maximum atomic E-state index is 13.3. The fourth-order valence-corrected chi connectivity index (χ4v) is 3.17. The van der Waals surface area contributed by atoms with Crippen LogP contribution in [-0.2, 0) is 6.54 Å². The fraction of sp³-hybridized carbons (Fsp3) is 0.625. The van der Waals surface area contributed by atoms with E-state index in [0.29, 0.717) is 18.6 Å². The minimum absolute atomic E-state index is 0.484. The minimum Gasteiger partial charge on any atom is -0.311 e. The zero-order chi connectivity index (χ0) is 14.1. The lowest BCUT2D eigenvalue weighted by Crippen LogP contribution is -2.56. The summed E-state index contributed by atoms with van der Waals surface area (Å²) in [5.74, 6) is -0.693. The van der Waals surface area contributed by atoms with Crippen molar-refractivity contribution in [3.8, 4) is 0 Å². The van der Waals surface area contributed by atoms with Gasteiger partial charge in [-0.1, -0.05) is 13.0 Å². The first-order chi connectivity index (χ1) is 9.67.